The quantitative estimate of drug-likeness (QED) is 0.234. The van der Waals surface area contributed by atoms with Crippen LogP contribution in [0.3, 0.4) is 0 Å². The summed E-state index contributed by atoms with van der Waals surface area (Å²) in [7, 11) is 6.92. The van der Waals surface area contributed by atoms with E-state index >= 15 is 0 Å². The highest BCUT2D eigenvalue weighted by Gasteiger charge is 2.70. The van der Waals surface area contributed by atoms with Gasteiger partial charge in [0.2, 0.25) is 0 Å². The Hall–Kier alpha value is -1.34. The maximum atomic E-state index is 14.2. The summed E-state index contributed by atoms with van der Waals surface area (Å²) >= 11 is 0. The van der Waals surface area contributed by atoms with Gasteiger partial charge in [0.1, 0.15) is 29.7 Å². The molecule has 4 rings (SSSR count). The van der Waals surface area contributed by atoms with Gasteiger partial charge in [-0.1, -0.05) is 27.7 Å². The second-order valence-corrected chi connectivity index (χ2v) is 17.2. The lowest BCUT2D eigenvalue weighted by Gasteiger charge is -2.50. The highest BCUT2D eigenvalue weighted by Crippen LogP contribution is 2.51. The van der Waals surface area contributed by atoms with Gasteiger partial charge in [-0.2, -0.15) is 0 Å². The number of ether oxygens (including phenoxy) is 8. The molecular formula is C39H69NO14. The molecule has 19 atom stereocenters. The summed E-state index contributed by atoms with van der Waals surface area (Å²) in [6, 6.07) is -0.147. The van der Waals surface area contributed by atoms with E-state index in [4.69, 9.17) is 37.9 Å². The molecular weight excluding hydrogens is 706 g/mol. The molecule has 0 bridgehead atoms. The number of ketones is 1. The molecule has 3 heterocycles. The second kappa shape index (κ2) is 17.7. The number of rotatable bonds is 10. The van der Waals surface area contributed by atoms with E-state index in [-0.39, 0.29) is 44.0 Å². The van der Waals surface area contributed by atoms with E-state index in [9.17, 15) is 30.0 Å². The minimum Gasteiger partial charge on any atom is -0.458 e. The van der Waals surface area contributed by atoms with Gasteiger partial charge in [-0.25, -0.2) is 0 Å². The third-order valence-corrected chi connectivity index (χ3v) is 13.0. The van der Waals surface area contributed by atoms with Crippen LogP contribution in [0, 0.1) is 29.6 Å². The van der Waals surface area contributed by atoms with Crippen molar-refractivity contribution >= 4 is 11.8 Å². The molecule has 0 radical (unpaired) electrons. The van der Waals surface area contributed by atoms with Crippen molar-refractivity contribution in [3.05, 3.63) is 0 Å². The third kappa shape index (κ3) is 8.87. The van der Waals surface area contributed by atoms with Crippen molar-refractivity contribution in [2.45, 2.75) is 166 Å². The number of methoxy groups -OCH3 is 2. The van der Waals surface area contributed by atoms with E-state index in [1.807, 2.05) is 39.8 Å². The summed E-state index contributed by atoms with van der Waals surface area (Å²) < 4.78 is 50.7. The SMILES string of the molecule is CO[C@]1(C)C[C@H](O[C@H]2[C@H](C)[C@@H](O[C@@H]3O[C@H](C)C[C@H](N(C)C)[C@H]3OCCO)[C@@](C)(OC)C[C@@H](C)C(=O)[C@H](C)[C@@H](O)[C@@]3(O)C(C)[C@H]3OC(=O)[C@@H]2C)O[C@@H](C)[C@@H]1O. The predicted molar refractivity (Wildman–Crippen MR) is 195 cm³/mol. The number of aliphatic hydroxyl groups excluding tert-OH is 3. The average molecular weight is 776 g/mol. The van der Waals surface area contributed by atoms with Gasteiger partial charge in [-0.3, -0.25) is 9.59 Å². The number of carbonyl (C=O) groups excluding carboxylic acids is 2. The lowest BCUT2D eigenvalue weighted by atomic mass is 9.75. The van der Waals surface area contributed by atoms with Gasteiger partial charge < -0.3 is 63.2 Å². The first-order valence-electron chi connectivity index (χ1n) is 19.5. The smallest absolute Gasteiger partial charge is 0.311 e. The molecule has 1 unspecified atom stereocenters. The number of aliphatic hydroxyl groups is 4. The summed E-state index contributed by atoms with van der Waals surface area (Å²) in [6.45, 7) is 15.6. The fourth-order valence-corrected chi connectivity index (χ4v) is 9.18. The van der Waals surface area contributed by atoms with Crippen LogP contribution in [0.5, 0.6) is 0 Å². The monoisotopic (exact) mass is 775 g/mol. The van der Waals surface area contributed by atoms with Gasteiger partial charge in [0.15, 0.2) is 12.6 Å². The number of Topliss-reactive ketones (excluding diaryl/α,β-unsaturated/α-hetero) is 1. The Morgan fingerprint density at radius 3 is 2.06 bits per heavy atom. The van der Waals surface area contributed by atoms with Crippen molar-refractivity contribution in [3.8, 4) is 0 Å². The molecule has 0 aromatic carbocycles. The van der Waals surface area contributed by atoms with Crippen molar-refractivity contribution in [3.63, 3.8) is 0 Å². The number of hydrogen-bond donors (Lipinski definition) is 4. The number of likely N-dealkylation sites (N-methyl/N-ethyl adjacent to an activating group) is 1. The van der Waals surface area contributed by atoms with E-state index in [1.54, 1.807) is 41.5 Å². The fourth-order valence-electron chi connectivity index (χ4n) is 9.18. The fraction of sp³-hybridized carbons (Fsp3) is 0.949. The predicted octanol–water partition coefficient (Wildman–Crippen LogP) is 1.68. The molecule has 15 heteroatoms. The zero-order valence-electron chi connectivity index (χ0n) is 34.6. The van der Waals surface area contributed by atoms with Crippen LogP contribution >= 0.6 is 0 Å². The first kappa shape index (κ1) is 45.4. The Labute approximate surface area is 321 Å². The van der Waals surface area contributed by atoms with E-state index < -0.39 is 108 Å². The molecule has 1 saturated carbocycles. The maximum absolute atomic E-state index is 14.2. The van der Waals surface area contributed by atoms with Crippen molar-refractivity contribution in [2.75, 3.05) is 41.5 Å². The van der Waals surface area contributed by atoms with Crippen molar-refractivity contribution in [1.29, 1.82) is 0 Å². The third-order valence-electron chi connectivity index (χ3n) is 13.0. The summed E-state index contributed by atoms with van der Waals surface area (Å²) in [5, 5.41) is 43.7. The van der Waals surface area contributed by atoms with Crippen LogP contribution in [0.1, 0.15) is 81.6 Å². The normalized spacial score (nSPS) is 49.6. The first-order valence-corrected chi connectivity index (χ1v) is 19.5. The molecule has 4 N–H and O–H groups in total. The van der Waals surface area contributed by atoms with Crippen LogP contribution in [0.4, 0.5) is 0 Å². The molecule has 0 aromatic rings. The molecule has 0 spiro atoms. The van der Waals surface area contributed by atoms with Crippen molar-refractivity contribution in [2.24, 2.45) is 29.6 Å². The minimum absolute atomic E-state index is 0.0436. The Bertz CT molecular complexity index is 1270. The molecule has 1 aliphatic carbocycles. The van der Waals surface area contributed by atoms with Crippen molar-refractivity contribution < 1.29 is 67.9 Å². The molecule has 15 nitrogen and oxygen atoms in total. The second-order valence-electron chi connectivity index (χ2n) is 17.2. The van der Waals surface area contributed by atoms with Crippen LogP contribution in [0.25, 0.3) is 0 Å². The van der Waals surface area contributed by atoms with Crippen LogP contribution in [-0.4, -0.2) is 163 Å². The maximum Gasteiger partial charge on any atom is 0.311 e. The number of esters is 1. The first-order chi connectivity index (χ1) is 25.1. The highest BCUT2D eigenvalue weighted by atomic mass is 16.7. The number of carbonyl (C=O) groups is 2. The molecule has 54 heavy (non-hydrogen) atoms. The molecule has 0 amide bonds. The van der Waals surface area contributed by atoms with Crippen molar-refractivity contribution in [1.82, 2.24) is 4.90 Å². The van der Waals surface area contributed by atoms with Crippen LogP contribution in [0.15, 0.2) is 0 Å². The summed E-state index contributed by atoms with van der Waals surface area (Å²) in [5.74, 6) is -4.96. The topological polar surface area (TPSA) is 192 Å². The Balaban J connectivity index is 1.85. The molecule has 4 fully saturated rings. The molecule has 3 saturated heterocycles. The van der Waals surface area contributed by atoms with Gasteiger partial charge >= 0.3 is 5.97 Å². The minimum atomic E-state index is -1.81. The lowest BCUT2D eigenvalue weighted by Crippen LogP contribution is -2.61. The van der Waals surface area contributed by atoms with Gasteiger partial charge in [0, 0.05) is 50.4 Å². The summed E-state index contributed by atoms with van der Waals surface area (Å²) in [5.41, 5.74) is -4.08. The Morgan fingerprint density at radius 2 is 1.48 bits per heavy atom. The van der Waals surface area contributed by atoms with Gasteiger partial charge in [-0.15, -0.1) is 0 Å². The number of fused-ring (bicyclic) bond motifs is 1. The zero-order valence-corrected chi connectivity index (χ0v) is 34.6. The Kier molecular flexibility index (Phi) is 14.8. The zero-order chi connectivity index (χ0) is 40.7. The van der Waals surface area contributed by atoms with E-state index in [2.05, 4.69) is 0 Å². The molecule has 314 valence electrons. The van der Waals surface area contributed by atoms with Gasteiger partial charge in [0.05, 0.1) is 60.9 Å². The van der Waals surface area contributed by atoms with Crippen LogP contribution < -0.4 is 0 Å². The number of nitrogens with zero attached hydrogens (tertiary/aromatic N) is 1. The van der Waals surface area contributed by atoms with E-state index in [1.165, 1.54) is 14.2 Å². The molecule has 4 aliphatic rings. The van der Waals surface area contributed by atoms with Crippen LogP contribution in [-0.2, 0) is 47.5 Å². The Morgan fingerprint density at radius 1 is 0.852 bits per heavy atom. The highest BCUT2D eigenvalue weighted by molar-refractivity contribution is 5.84. The summed E-state index contributed by atoms with van der Waals surface area (Å²) in [4.78, 5) is 30.2. The summed E-state index contributed by atoms with van der Waals surface area (Å²) in [6.07, 6.45) is -7.99. The van der Waals surface area contributed by atoms with Gasteiger partial charge in [-0.05, 0) is 61.6 Å². The standard InChI is InChI=1S/C39H69NO14/c1-19-17-38(9,48-13)33(54-36-30(49-15-14-41)26(40(10)11)16-20(2)50-36)22(4)29(52-27-18-37(8,47-12)32(44)25(7)51-27)23(5)35(45)53-34-24(6)39(34,46)31(43)21(3)28(19)42/h19-27,29-34,36,41,43-44,46H,14-18H2,1-13H3/t19-,20-,21+,22+,23-,24?,25+,26+,27+,29+,30-,31-,32+,33-,34-,36+,37-,38+,39+/m1/s1. The molecule has 0 aromatic heterocycles. The van der Waals surface area contributed by atoms with Gasteiger partial charge in [0.25, 0.3) is 0 Å². The van der Waals surface area contributed by atoms with Crippen LogP contribution in [0.2, 0.25) is 0 Å². The molecule has 3 aliphatic heterocycles. The number of hydrogen-bond acceptors (Lipinski definition) is 15. The van der Waals surface area contributed by atoms with E-state index in [0.29, 0.717) is 6.42 Å². The largest absolute Gasteiger partial charge is 0.458 e. The average Bonchev–Trinajstić information content (AvgIpc) is 3.65. The lowest BCUT2D eigenvalue weighted by molar-refractivity contribution is -0.322. The van der Waals surface area contributed by atoms with E-state index in [0.717, 1.165) is 0 Å².